The predicted octanol–water partition coefficient (Wildman–Crippen LogP) is 0.712. The third-order valence-corrected chi connectivity index (χ3v) is 2.53. The Morgan fingerprint density at radius 3 is 2.58 bits per heavy atom. The van der Waals surface area contributed by atoms with E-state index in [-0.39, 0.29) is 0 Å². The van der Waals surface area contributed by atoms with E-state index in [2.05, 4.69) is 11.0 Å². The van der Waals surface area contributed by atoms with E-state index < -0.39 is 5.54 Å². The Morgan fingerprint density at radius 1 is 1.67 bits per heavy atom. The molecule has 68 valence electrons. The van der Waals surface area contributed by atoms with Crippen LogP contribution in [0.4, 0.5) is 0 Å². The van der Waals surface area contributed by atoms with Gasteiger partial charge in [-0.05, 0) is 26.8 Å². The van der Waals surface area contributed by atoms with Crippen LogP contribution in [0.3, 0.4) is 0 Å². The Kier molecular flexibility index (Phi) is 2.71. The van der Waals surface area contributed by atoms with Gasteiger partial charge in [0.2, 0.25) is 0 Å². The maximum absolute atomic E-state index is 8.71. The molecule has 1 unspecified atom stereocenters. The average Bonchev–Trinajstić information content (AvgIpc) is 1.82. The van der Waals surface area contributed by atoms with Gasteiger partial charge in [0.15, 0.2) is 0 Å². The first kappa shape index (κ1) is 9.50. The first-order valence-electron chi connectivity index (χ1n) is 4.45. The van der Waals surface area contributed by atoms with E-state index in [1.54, 1.807) is 6.92 Å². The van der Waals surface area contributed by atoms with Crippen molar-refractivity contribution in [2.24, 2.45) is 5.73 Å². The molecule has 3 nitrogen and oxygen atoms in total. The molecule has 0 saturated heterocycles. The lowest BCUT2D eigenvalue weighted by Gasteiger charge is -2.37. The molecule has 0 heterocycles. The summed E-state index contributed by atoms with van der Waals surface area (Å²) in [7, 11) is 2.05. The Hall–Kier alpha value is -0.590. The predicted molar refractivity (Wildman–Crippen MR) is 48.5 cm³/mol. The fourth-order valence-corrected chi connectivity index (χ4v) is 1.51. The summed E-state index contributed by atoms with van der Waals surface area (Å²) < 4.78 is 0. The van der Waals surface area contributed by atoms with Gasteiger partial charge in [0, 0.05) is 12.6 Å². The summed E-state index contributed by atoms with van der Waals surface area (Å²) in [6.07, 6.45) is 3.85. The average molecular weight is 167 g/mol. The molecule has 0 amide bonds. The lowest BCUT2D eigenvalue weighted by Crippen LogP contribution is -2.50. The third kappa shape index (κ3) is 2.20. The summed E-state index contributed by atoms with van der Waals surface area (Å²) in [6.45, 7) is 2.45. The summed E-state index contributed by atoms with van der Waals surface area (Å²) in [5, 5.41) is 8.71. The molecule has 12 heavy (non-hydrogen) atoms. The van der Waals surface area contributed by atoms with Crippen LogP contribution in [-0.4, -0.2) is 30.1 Å². The molecule has 0 aromatic carbocycles. The van der Waals surface area contributed by atoms with E-state index in [0.29, 0.717) is 12.6 Å². The first-order chi connectivity index (χ1) is 5.55. The Bertz CT molecular complexity index is 188. The maximum atomic E-state index is 8.71. The molecule has 0 aromatic rings. The quantitative estimate of drug-likeness (QED) is 0.673. The third-order valence-electron chi connectivity index (χ3n) is 2.53. The summed E-state index contributed by atoms with van der Waals surface area (Å²) in [5.41, 5.74) is 5.04. The second kappa shape index (κ2) is 3.42. The second-order valence-electron chi connectivity index (χ2n) is 4.03. The number of hydrogen-bond acceptors (Lipinski definition) is 3. The zero-order valence-corrected chi connectivity index (χ0v) is 7.88. The highest BCUT2D eigenvalue weighted by Crippen LogP contribution is 2.24. The van der Waals surface area contributed by atoms with Gasteiger partial charge in [-0.25, -0.2) is 0 Å². The molecule has 1 aliphatic carbocycles. The second-order valence-corrected chi connectivity index (χ2v) is 4.03. The van der Waals surface area contributed by atoms with E-state index in [0.717, 1.165) is 0 Å². The van der Waals surface area contributed by atoms with Crippen LogP contribution >= 0.6 is 0 Å². The van der Waals surface area contributed by atoms with Crippen molar-refractivity contribution in [1.29, 1.82) is 5.26 Å². The molecule has 1 saturated carbocycles. The zero-order valence-electron chi connectivity index (χ0n) is 7.88. The molecule has 1 fully saturated rings. The molecule has 0 aliphatic heterocycles. The van der Waals surface area contributed by atoms with Gasteiger partial charge >= 0.3 is 0 Å². The Morgan fingerprint density at radius 2 is 2.25 bits per heavy atom. The molecule has 0 spiro atoms. The normalized spacial score (nSPS) is 22.9. The molecule has 3 heteroatoms. The molecule has 1 rings (SSSR count). The van der Waals surface area contributed by atoms with Crippen LogP contribution in [0.2, 0.25) is 0 Å². The van der Waals surface area contributed by atoms with E-state index in [9.17, 15) is 0 Å². The smallest absolute Gasteiger partial charge is 0.114 e. The SMILES string of the molecule is CN(CC(C)(N)C#N)C1CCC1. The van der Waals surface area contributed by atoms with Crippen LogP contribution in [0.5, 0.6) is 0 Å². The van der Waals surface area contributed by atoms with Crippen LogP contribution in [-0.2, 0) is 0 Å². The molecule has 2 N–H and O–H groups in total. The lowest BCUT2D eigenvalue weighted by molar-refractivity contribution is 0.143. The van der Waals surface area contributed by atoms with Gasteiger partial charge in [0.05, 0.1) is 6.07 Å². The molecule has 1 aliphatic rings. The van der Waals surface area contributed by atoms with Crippen molar-refractivity contribution in [3.05, 3.63) is 0 Å². The number of nitrogens with zero attached hydrogens (tertiary/aromatic N) is 2. The van der Waals surface area contributed by atoms with Gasteiger partial charge in [-0.1, -0.05) is 6.42 Å². The number of nitrogens with two attached hydrogens (primary N) is 1. The summed E-state index contributed by atoms with van der Waals surface area (Å²) in [6, 6.07) is 2.78. The van der Waals surface area contributed by atoms with Crippen molar-refractivity contribution in [3.63, 3.8) is 0 Å². The van der Waals surface area contributed by atoms with Crippen molar-refractivity contribution in [2.75, 3.05) is 13.6 Å². The highest BCUT2D eigenvalue weighted by molar-refractivity contribution is 5.03. The van der Waals surface area contributed by atoms with E-state index in [4.69, 9.17) is 11.0 Å². The van der Waals surface area contributed by atoms with E-state index >= 15 is 0 Å². The molecule has 0 bridgehead atoms. The number of hydrogen-bond donors (Lipinski definition) is 1. The minimum Gasteiger partial charge on any atom is -0.313 e. The molecular formula is C9H17N3. The first-order valence-corrected chi connectivity index (χ1v) is 4.45. The topological polar surface area (TPSA) is 53.0 Å². The van der Waals surface area contributed by atoms with Crippen molar-refractivity contribution >= 4 is 0 Å². The molecular weight excluding hydrogens is 150 g/mol. The number of likely N-dealkylation sites (N-methyl/N-ethyl adjacent to an activating group) is 1. The van der Waals surface area contributed by atoms with Crippen LogP contribution < -0.4 is 5.73 Å². The van der Waals surface area contributed by atoms with Crippen LogP contribution in [0.25, 0.3) is 0 Å². The minimum absolute atomic E-state index is 0.668. The lowest BCUT2D eigenvalue weighted by atomic mass is 9.90. The molecule has 0 aromatic heterocycles. The van der Waals surface area contributed by atoms with Gasteiger partial charge < -0.3 is 10.6 Å². The van der Waals surface area contributed by atoms with E-state index in [1.165, 1.54) is 19.3 Å². The van der Waals surface area contributed by atoms with Gasteiger partial charge in [-0.2, -0.15) is 5.26 Å². The van der Waals surface area contributed by atoms with Crippen LogP contribution in [0.15, 0.2) is 0 Å². The summed E-state index contributed by atoms with van der Waals surface area (Å²) in [5.74, 6) is 0. The maximum Gasteiger partial charge on any atom is 0.114 e. The van der Waals surface area contributed by atoms with Crippen molar-refractivity contribution in [1.82, 2.24) is 4.90 Å². The standard InChI is InChI=1S/C9H17N3/c1-9(11,6-10)7-12(2)8-4-3-5-8/h8H,3-5,7,11H2,1-2H3. The highest BCUT2D eigenvalue weighted by atomic mass is 15.2. The largest absolute Gasteiger partial charge is 0.313 e. The number of nitriles is 1. The van der Waals surface area contributed by atoms with Gasteiger partial charge in [-0.15, -0.1) is 0 Å². The Labute approximate surface area is 74.1 Å². The number of rotatable bonds is 3. The van der Waals surface area contributed by atoms with Gasteiger partial charge in [0.1, 0.15) is 5.54 Å². The Balaban J connectivity index is 2.35. The van der Waals surface area contributed by atoms with Gasteiger partial charge in [-0.3, -0.25) is 0 Å². The van der Waals surface area contributed by atoms with Crippen molar-refractivity contribution in [3.8, 4) is 6.07 Å². The highest BCUT2D eigenvalue weighted by Gasteiger charge is 2.27. The minimum atomic E-state index is -0.690. The zero-order chi connectivity index (χ0) is 9.19. The fraction of sp³-hybridized carbons (Fsp3) is 0.889. The van der Waals surface area contributed by atoms with Crippen LogP contribution in [0.1, 0.15) is 26.2 Å². The monoisotopic (exact) mass is 167 g/mol. The summed E-state index contributed by atoms with van der Waals surface area (Å²) >= 11 is 0. The van der Waals surface area contributed by atoms with E-state index in [1.807, 2.05) is 7.05 Å². The van der Waals surface area contributed by atoms with Crippen molar-refractivity contribution in [2.45, 2.75) is 37.8 Å². The molecule has 1 atom stereocenters. The van der Waals surface area contributed by atoms with Gasteiger partial charge in [0.25, 0.3) is 0 Å². The van der Waals surface area contributed by atoms with Crippen molar-refractivity contribution < 1.29 is 0 Å². The molecule has 0 radical (unpaired) electrons. The van der Waals surface area contributed by atoms with Crippen LogP contribution in [0, 0.1) is 11.3 Å². The summed E-state index contributed by atoms with van der Waals surface area (Å²) in [4.78, 5) is 2.20. The fourth-order valence-electron chi connectivity index (χ4n) is 1.51.